The number of amides is 1. The standard InChI is InChI=1S/C14H14N2O3S/c15-12(13(17)18)8-20-14(19)16-11-6-5-9-3-1-2-4-10(9)7-11/h1-7,12H,8,15H2,(H,16,19)(H,17,18)/t12-/m0/s1. The zero-order chi connectivity index (χ0) is 14.5. The van der Waals surface area contributed by atoms with Crippen molar-refractivity contribution < 1.29 is 14.7 Å². The van der Waals surface area contributed by atoms with Crippen LogP contribution in [-0.2, 0) is 4.79 Å². The number of rotatable bonds is 4. The van der Waals surface area contributed by atoms with E-state index in [0.717, 1.165) is 22.5 Å². The zero-order valence-electron chi connectivity index (χ0n) is 10.6. The van der Waals surface area contributed by atoms with Crippen molar-refractivity contribution in [3.8, 4) is 0 Å². The Hall–Kier alpha value is -2.05. The fraction of sp³-hybridized carbons (Fsp3) is 0.143. The highest BCUT2D eigenvalue weighted by molar-refractivity contribution is 8.13. The van der Waals surface area contributed by atoms with Crippen molar-refractivity contribution in [2.45, 2.75) is 6.04 Å². The number of carbonyl (C=O) groups is 2. The molecule has 2 rings (SSSR count). The molecular formula is C14H14N2O3S. The van der Waals surface area contributed by atoms with Crippen molar-refractivity contribution in [2.24, 2.45) is 5.73 Å². The van der Waals surface area contributed by atoms with Gasteiger partial charge in [0.25, 0.3) is 5.24 Å². The number of carbonyl (C=O) groups excluding carboxylic acids is 1. The summed E-state index contributed by atoms with van der Waals surface area (Å²) in [5, 5.41) is 13.1. The summed E-state index contributed by atoms with van der Waals surface area (Å²) in [6.07, 6.45) is 0. The molecule has 0 fully saturated rings. The van der Waals surface area contributed by atoms with Gasteiger partial charge in [0.05, 0.1) is 0 Å². The second kappa shape index (κ2) is 6.40. The minimum atomic E-state index is -1.11. The van der Waals surface area contributed by atoms with E-state index >= 15 is 0 Å². The van der Waals surface area contributed by atoms with Crippen LogP contribution < -0.4 is 11.1 Å². The molecule has 5 nitrogen and oxygen atoms in total. The lowest BCUT2D eigenvalue weighted by atomic mass is 10.1. The van der Waals surface area contributed by atoms with Crippen molar-refractivity contribution in [3.05, 3.63) is 42.5 Å². The predicted octanol–water partition coefficient (Wildman–Crippen LogP) is 2.52. The highest BCUT2D eigenvalue weighted by Gasteiger charge is 2.14. The van der Waals surface area contributed by atoms with E-state index in [2.05, 4.69) is 5.32 Å². The third-order valence-corrected chi connectivity index (χ3v) is 3.60. The lowest BCUT2D eigenvalue weighted by Gasteiger charge is -2.08. The van der Waals surface area contributed by atoms with Crippen LogP contribution in [0.2, 0.25) is 0 Å². The molecule has 0 aliphatic carbocycles. The molecule has 1 amide bonds. The van der Waals surface area contributed by atoms with Crippen LogP contribution in [0.4, 0.5) is 10.5 Å². The topological polar surface area (TPSA) is 92.4 Å². The van der Waals surface area contributed by atoms with Crippen LogP contribution in [0.15, 0.2) is 42.5 Å². The number of nitrogens with one attached hydrogen (secondary N) is 1. The fourth-order valence-corrected chi connectivity index (χ4v) is 2.32. The van der Waals surface area contributed by atoms with Crippen LogP contribution in [0, 0.1) is 0 Å². The number of hydrogen-bond acceptors (Lipinski definition) is 4. The molecule has 0 saturated carbocycles. The Labute approximate surface area is 120 Å². The third-order valence-electron chi connectivity index (χ3n) is 2.71. The number of carboxylic acids is 1. The molecule has 4 N–H and O–H groups in total. The normalized spacial score (nSPS) is 12.1. The summed E-state index contributed by atoms with van der Waals surface area (Å²) in [5.74, 6) is -1.08. The third kappa shape index (κ3) is 3.72. The van der Waals surface area contributed by atoms with Gasteiger partial charge in [-0.05, 0) is 22.9 Å². The monoisotopic (exact) mass is 290 g/mol. The van der Waals surface area contributed by atoms with Gasteiger partial charge in [-0.2, -0.15) is 0 Å². The van der Waals surface area contributed by atoms with Crippen molar-refractivity contribution >= 4 is 39.4 Å². The first-order chi connectivity index (χ1) is 9.56. The molecular weight excluding hydrogens is 276 g/mol. The fourth-order valence-electron chi connectivity index (χ4n) is 1.66. The van der Waals surface area contributed by atoms with E-state index in [1.807, 2.05) is 36.4 Å². The van der Waals surface area contributed by atoms with Gasteiger partial charge in [0.2, 0.25) is 0 Å². The number of fused-ring (bicyclic) bond motifs is 1. The average Bonchev–Trinajstić information content (AvgIpc) is 2.44. The van der Waals surface area contributed by atoms with E-state index in [9.17, 15) is 9.59 Å². The highest BCUT2D eigenvalue weighted by atomic mass is 32.2. The van der Waals surface area contributed by atoms with Gasteiger partial charge < -0.3 is 16.2 Å². The second-order valence-corrected chi connectivity index (χ2v) is 5.22. The Morgan fingerprint density at radius 3 is 2.60 bits per heavy atom. The Morgan fingerprint density at radius 2 is 1.90 bits per heavy atom. The molecule has 0 unspecified atom stereocenters. The lowest BCUT2D eigenvalue weighted by Crippen LogP contribution is -2.33. The highest BCUT2D eigenvalue weighted by Crippen LogP contribution is 2.20. The summed E-state index contributed by atoms with van der Waals surface area (Å²) in [7, 11) is 0. The van der Waals surface area contributed by atoms with Crippen LogP contribution in [0.3, 0.4) is 0 Å². The molecule has 0 aliphatic rings. The molecule has 0 aromatic heterocycles. The maximum Gasteiger partial charge on any atom is 0.321 e. The van der Waals surface area contributed by atoms with Gasteiger partial charge in [0.15, 0.2) is 0 Å². The first-order valence-corrected chi connectivity index (χ1v) is 6.96. The number of aliphatic carboxylic acids is 1. The number of anilines is 1. The maximum atomic E-state index is 11.7. The van der Waals surface area contributed by atoms with Crippen LogP contribution in [-0.4, -0.2) is 28.1 Å². The van der Waals surface area contributed by atoms with Gasteiger partial charge in [-0.3, -0.25) is 9.59 Å². The van der Waals surface area contributed by atoms with Crippen LogP contribution in [0.5, 0.6) is 0 Å². The molecule has 20 heavy (non-hydrogen) atoms. The van der Waals surface area contributed by atoms with Crippen molar-refractivity contribution in [2.75, 3.05) is 11.1 Å². The quantitative estimate of drug-likeness (QED) is 0.804. The smallest absolute Gasteiger partial charge is 0.321 e. The Kier molecular flexibility index (Phi) is 4.60. The number of carboxylic acid groups (broad SMARTS) is 1. The average molecular weight is 290 g/mol. The molecule has 0 bridgehead atoms. The predicted molar refractivity (Wildman–Crippen MR) is 81.0 cm³/mol. The van der Waals surface area contributed by atoms with Gasteiger partial charge in [0, 0.05) is 11.4 Å². The van der Waals surface area contributed by atoms with E-state index < -0.39 is 12.0 Å². The summed E-state index contributed by atoms with van der Waals surface area (Å²) in [5.41, 5.74) is 6.00. The van der Waals surface area contributed by atoms with E-state index in [4.69, 9.17) is 10.8 Å². The Balaban J connectivity index is 1.97. The van der Waals surface area contributed by atoms with Crippen LogP contribution >= 0.6 is 11.8 Å². The largest absolute Gasteiger partial charge is 0.480 e. The van der Waals surface area contributed by atoms with Crippen molar-refractivity contribution in [1.82, 2.24) is 0 Å². The molecule has 0 heterocycles. The van der Waals surface area contributed by atoms with Crippen molar-refractivity contribution in [1.29, 1.82) is 0 Å². The van der Waals surface area contributed by atoms with Gasteiger partial charge in [0.1, 0.15) is 6.04 Å². The first-order valence-electron chi connectivity index (χ1n) is 5.97. The number of hydrogen-bond donors (Lipinski definition) is 3. The summed E-state index contributed by atoms with van der Waals surface area (Å²) in [6, 6.07) is 12.4. The molecule has 0 spiro atoms. The summed E-state index contributed by atoms with van der Waals surface area (Å²) >= 11 is 0.857. The van der Waals surface area contributed by atoms with Gasteiger partial charge in [-0.25, -0.2) is 0 Å². The van der Waals surface area contributed by atoms with E-state index in [-0.39, 0.29) is 11.0 Å². The van der Waals surface area contributed by atoms with Crippen LogP contribution in [0.1, 0.15) is 0 Å². The summed E-state index contributed by atoms with van der Waals surface area (Å²) in [4.78, 5) is 22.2. The minimum absolute atomic E-state index is 0.0365. The molecule has 1 atom stereocenters. The van der Waals surface area contributed by atoms with Crippen molar-refractivity contribution in [3.63, 3.8) is 0 Å². The molecule has 104 valence electrons. The van der Waals surface area contributed by atoms with Gasteiger partial charge in [-0.1, -0.05) is 42.1 Å². The Bertz CT molecular complexity index is 645. The Morgan fingerprint density at radius 1 is 1.20 bits per heavy atom. The second-order valence-electron chi connectivity index (χ2n) is 4.23. The maximum absolute atomic E-state index is 11.7. The SMILES string of the molecule is N[C@@H](CSC(=O)Nc1ccc2ccccc2c1)C(=O)O. The molecule has 2 aromatic carbocycles. The van der Waals surface area contributed by atoms with E-state index in [1.54, 1.807) is 6.07 Å². The molecule has 0 radical (unpaired) electrons. The van der Waals surface area contributed by atoms with Crippen LogP contribution in [0.25, 0.3) is 10.8 Å². The minimum Gasteiger partial charge on any atom is -0.480 e. The molecule has 0 aliphatic heterocycles. The molecule has 0 saturated heterocycles. The summed E-state index contributed by atoms with van der Waals surface area (Å²) in [6.45, 7) is 0. The summed E-state index contributed by atoms with van der Waals surface area (Å²) < 4.78 is 0. The number of benzene rings is 2. The lowest BCUT2D eigenvalue weighted by molar-refractivity contribution is -0.137. The van der Waals surface area contributed by atoms with E-state index in [0.29, 0.717) is 5.69 Å². The van der Waals surface area contributed by atoms with Gasteiger partial charge >= 0.3 is 5.97 Å². The number of nitrogens with two attached hydrogens (primary N) is 1. The van der Waals surface area contributed by atoms with E-state index in [1.165, 1.54) is 0 Å². The first kappa shape index (κ1) is 14.4. The van der Waals surface area contributed by atoms with Gasteiger partial charge in [-0.15, -0.1) is 0 Å². The number of thioether (sulfide) groups is 1. The molecule has 6 heteroatoms. The zero-order valence-corrected chi connectivity index (χ0v) is 11.4. The molecule has 2 aromatic rings.